The van der Waals surface area contributed by atoms with Crippen molar-refractivity contribution in [2.24, 2.45) is 0 Å². The number of aryl methyl sites for hydroxylation is 2. The van der Waals surface area contributed by atoms with Crippen molar-refractivity contribution in [3.05, 3.63) is 192 Å². The lowest BCUT2D eigenvalue weighted by molar-refractivity contribution is -0.997. The van der Waals surface area contributed by atoms with Crippen molar-refractivity contribution >= 4 is 11.0 Å². The minimum Gasteiger partial charge on any atom is -0.392 e. The Balaban J connectivity index is 1.16. The molecule has 1 atom stereocenters. The lowest BCUT2D eigenvalue weighted by atomic mass is 9.68. The summed E-state index contributed by atoms with van der Waals surface area (Å²) in [6.45, 7) is 18.8. The van der Waals surface area contributed by atoms with E-state index in [2.05, 4.69) is 233 Å². The van der Waals surface area contributed by atoms with Gasteiger partial charge in [-0.2, -0.15) is 4.57 Å². The summed E-state index contributed by atoms with van der Waals surface area (Å²) in [5, 5.41) is 0. The fourth-order valence-corrected chi connectivity index (χ4v) is 11.9. The molecule has 0 fully saturated rings. The van der Waals surface area contributed by atoms with Crippen molar-refractivity contribution < 1.29 is 13.9 Å². The molecule has 0 radical (unpaired) electrons. The highest BCUT2D eigenvalue weighted by atomic mass is 16.5. The smallest absolute Gasteiger partial charge is 0.392 e. The molecule has 0 aliphatic carbocycles. The number of pyridine rings is 1. The topological polar surface area (TPSA) is 21.9 Å². The van der Waals surface area contributed by atoms with Crippen LogP contribution in [-0.2, 0) is 16.7 Å². The highest BCUT2D eigenvalue weighted by Crippen LogP contribution is 2.55. The molecular formula is C63H59N3O+2. The molecule has 0 N–H and O–H groups in total. The summed E-state index contributed by atoms with van der Waals surface area (Å²) in [6.07, 6.45) is 6.61. The van der Waals surface area contributed by atoms with Gasteiger partial charge in [0.25, 0.3) is 0 Å². The Kier molecular flexibility index (Phi) is 9.26. The molecule has 5 heterocycles. The van der Waals surface area contributed by atoms with Crippen molar-refractivity contribution in [3.8, 4) is 78.6 Å². The van der Waals surface area contributed by atoms with E-state index in [0.29, 0.717) is 0 Å². The van der Waals surface area contributed by atoms with Crippen molar-refractivity contribution in [3.63, 3.8) is 0 Å². The van der Waals surface area contributed by atoms with Crippen LogP contribution in [0.1, 0.15) is 95.0 Å². The van der Waals surface area contributed by atoms with Crippen LogP contribution >= 0.6 is 0 Å². The third-order valence-corrected chi connectivity index (χ3v) is 16.6. The van der Waals surface area contributed by atoms with E-state index >= 15 is 0 Å². The largest absolute Gasteiger partial charge is 0.499 e. The lowest BCUT2D eigenvalue weighted by Crippen LogP contribution is -2.78. The number of hydrogen-bond acceptors (Lipinski definition) is 1. The van der Waals surface area contributed by atoms with Gasteiger partial charge in [-0.25, -0.2) is 0 Å². The number of fused-ring (bicyclic) bond motifs is 5. The van der Waals surface area contributed by atoms with Crippen LogP contribution in [0.3, 0.4) is 0 Å². The molecule has 3 aliphatic heterocycles. The van der Waals surface area contributed by atoms with Gasteiger partial charge < -0.3 is 4.74 Å². The van der Waals surface area contributed by atoms with Gasteiger partial charge in [-0.1, -0.05) is 144 Å². The third kappa shape index (κ3) is 5.71. The van der Waals surface area contributed by atoms with Gasteiger partial charge in [0.15, 0.2) is 17.2 Å². The summed E-state index contributed by atoms with van der Waals surface area (Å²) >= 11 is 0. The first-order valence-corrected chi connectivity index (χ1v) is 24.6. The molecule has 12 rings (SSSR count). The van der Waals surface area contributed by atoms with Gasteiger partial charge in [-0.3, -0.25) is 0 Å². The maximum absolute atomic E-state index is 7.71. The van der Waals surface area contributed by atoms with Crippen LogP contribution in [0.4, 0.5) is 0 Å². The molecule has 2 aromatic heterocycles. The monoisotopic (exact) mass is 873 g/mol. The molecule has 4 nitrogen and oxygen atoms in total. The minimum atomic E-state index is -1.03. The second-order valence-electron chi connectivity index (χ2n) is 20.0. The fourth-order valence-electron chi connectivity index (χ4n) is 11.9. The number of nitrogens with zero attached hydrogens (tertiary/aromatic N) is 3. The SMILES string of the molecule is CCC(C)(CC)c1cccc(C(C)(CC)CC)c1-c1ccc(-n2c3[n+]4c5c(cccc52)-c2cc(-c5ccccc5)cc5c2C4(Oc2ccccc2-3)[n+]2ccc(-c3ccc(C)cc3)cc2-5)c(C)c1. The molecule has 0 saturated carbocycles. The summed E-state index contributed by atoms with van der Waals surface area (Å²) < 4.78 is 15.2. The first kappa shape index (κ1) is 41.4. The number of hydrogen-bond donors (Lipinski definition) is 0. The van der Waals surface area contributed by atoms with Gasteiger partial charge in [-0.05, 0) is 149 Å². The summed E-state index contributed by atoms with van der Waals surface area (Å²) in [5.41, 5.74) is 23.5. The van der Waals surface area contributed by atoms with E-state index in [1.165, 1.54) is 83.6 Å². The second kappa shape index (κ2) is 15.0. The zero-order chi connectivity index (χ0) is 46.0. The summed E-state index contributed by atoms with van der Waals surface area (Å²) in [6, 6.07) is 59.2. The van der Waals surface area contributed by atoms with Crippen LogP contribution in [0.2, 0.25) is 0 Å². The average Bonchev–Trinajstić information content (AvgIpc) is 3.87. The predicted molar refractivity (Wildman–Crippen MR) is 275 cm³/mol. The summed E-state index contributed by atoms with van der Waals surface area (Å²) in [4.78, 5) is 0. The number of benzene rings is 7. The zero-order valence-electron chi connectivity index (χ0n) is 40.2. The van der Waals surface area contributed by atoms with Crippen LogP contribution in [0, 0.1) is 13.8 Å². The molecule has 7 aromatic carbocycles. The zero-order valence-corrected chi connectivity index (χ0v) is 40.2. The third-order valence-electron chi connectivity index (χ3n) is 16.6. The molecule has 1 unspecified atom stereocenters. The van der Waals surface area contributed by atoms with Gasteiger partial charge in [0, 0.05) is 23.3 Å². The van der Waals surface area contributed by atoms with E-state index < -0.39 is 5.85 Å². The van der Waals surface area contributed by atoms with Crippen molar-refractivity contribution in [1.29, 1.82) is 0 Å². The highest BCUT2D eigenvalue weighted by Gasteiger charge is 2.68. The highest BCUT2D eigenvalue weighted by molar-refractivity contribution is 5.99. The Morgan fingerprint density at radius 3 is 1.87 bits per heavy atom. The maximum Gasteiger partial charge on any atom is 0.499 e. The number of aromatic nitrogens is 3. The predicted octanol–water partition coefficient (Wildman–Crippen LogP) is 15.2. The van der Waals surface area contributed by atoms with E-state index in [4.69, 9.17) is 4.74 Å². The van der Waals surface area contributed by atoms with Crippen LogP contribution in [0.5, 0.6) is 5.75 Å². The second-order valence-corrected chi connectivity index (χ2v) is 20.0. The number of ether oxygens (including phenoxy) is 1. The normalized spacial score (nSPS) is 15.3. The van der Waals surface area contributed by atoms with Gasteiger partial charge in [0.1, 0.15) is 22.6 Å². The molecule has 67 heavy (non-hydrogen) atoms. The number of para-hydroxylation sites is 2. The Hall–Kier alpha value is -7.04. The Labute approximate surface area is 395 Å². The van der Waals surface area contributed by atoms with Crippen molar-refractivity contribution in [2.75, 3.05) is 0 Å². The molecule has 9 aromatic rings. The van der Waals surface area contributed by atoms with E-state index in [0.717, 1.165) is 59.5 Å². The molecular weight excluding hydrogens is 815 g/mol. The van der Waals surface area contributed by atoms with Crippen LogP contribution in [0.15, 0.2) is 164 Å². The average molecular weight is 874 g/mol. The van der Waals surface area contributed by atoms with Gasteiger partial charge >= 0.3 is 11.7 Å². The van der Waals surface area contributed by atoms with E-state index in [1.807, 2.05) is 0 Å². The van der Waals surface area contributed by atoms with Gasteiger partial charge in [0.2, 0.25) is 5.69 Å². The molecule has 330 valence electrons. The maximum atomic E-state index is 7.71. The molecule has 1 spiro atoms. The van der Waals surface area contributed by atoms with Crippen LogP contribution in [-0.4, -0.2) is 4.57 Å². The summed E-state index contributed by atoms with van der Waals surface area (Å²) in [5.74, 6) is 0.952. The summed E-state index contributed by atoms with van der Waals surface area (Å²) in [7, 11) is 0. The molecule has 0 amide bonds. The van der Waals surface area contributed by atoms with Gasteiger partial charge in [0.05, 0.1) is 5.56 Å². The fraction of sp³-hybridized carbons (Fsp3) is 0.238. The molecule has 3 aliphatic rings. The molecule has 0 saturated heterocycles. The Morgan fingerprint density at radius 1 is 0.537 bits per heavy atom. The molecule has 4 heteroatoms. The Morgan fingerprint density at radius 2 is 1.16 bits per heavy atom. The number of imidazole rings is 1. The minimum absolute atomic E-state index is 0.0563. The first-order chi connectivity index (χ1) is 32.6. The van der Waals surface area contributed by atoms with Crippen LogP contribution < -0.4 is 13.9 Å². The Bertz CT molecular complexity index is 3440. The lowest BCUT2D eigenvalue weighted by Gasteiger charge is -2.36. The van der Waals surface area contributed by atoms with Crippen molar-refractivity contribution in [2.45, 2.75) is 97.8 Å². The van der Waals surface area contributed by atoms with E-state index in [9.17, 15) is 0 Å². The van der Waals surface area contributed by atoms with Crippen LogP contribution in [0.25, 0.3) is 83.9 Å². The standard InChI is InChI=1S/C63H59N3O/c1-9-61(7,10-2)51-24-19-25-52(62(8,11-3)12-4)57(51)45-32-33-53(41(6)36-45)65-54-26-18-23-47-49-37-46(42-20-14-13-15-21-42)38-50-55-39-44(43-30-28-40(5)29-31-43)34-35-64(55)63(58(49)50)66(59(47)54)60(65)48-22-16-17-27-56(48)67-63/h13-39H,9-12H2,1-8H3/q+2. The number of rotatable bonds is 10. The van der Waals surface area contributed by atoms with E-state index in [-0.39, 0.29) is 10.8 Å². The molecule has 0 bridgehead atoms. The quantitative estimate of drug-likeness (QED) is 0.126. The van der Waals surface area contributed by atoms with E-state index in [1.54, 1.807) is 0 Å². The first-order valence-electron chi connectivity index (χ1n) is 24.6. The van der Waals surface area contributed by atoms with Gasteiger partial charge in [-0.15, -0.1) is 9.13 Å². The van der Waals surface area contributed by atoms with Crippen molar-refractivity contribution in [1.82, 2.24) is 4.57 Å².